The Morgan fingerprint density at radius 1 is 1.06 bits per heavy atom. The molecule has 2 aliphatic rings. The Balaban J connectivity index is 1.37. The second-order valence-corrected chi connectivity index (χ2v) is 8.49. The van der Waals surface area contributed by atoms with Gasteiger partial charge in [0.1, 0.15) is 5.75 Å². The van der Waals surface area contributed by atoms with Gasteiger partial charge in [0.15, 0.2) is 0 Å². The van der Waals surface area contributed by atoms with Gasteiger partial charge in [-0.05, 0) is 49.1 Å². The van der Waals surface area contributed by atoms with Crippen LogP contribution >= 0.6 is 0 Å². The minimum Gasteiger partial charge on any atom is -0.495 e. The molecule has 2 fully saturated rings. The van der Waals surface area contributed by atoms with Gasteiger partial charge in [0.05, 0.1) is 18.7 Å². The maximum Gasteiger partial charge on any atom is 0.228 e. The van der Waals surface area contributed by atoms with E-state index in [-0.39, 0.29) is 24.2 Å². The van der Waals surface area contributed by atoms with Gasteiger partial charge in [0.2, 0.25) is 11.8 Å². The Morgan fingerprint density at radius 2 is 1.77 bits per heavy atom. The van der Waals surface area contributed by atoms with Crippen molar-refractivity contribution in [3.63, 3.8) is 0 Å². The predicted octanol–water partition coefficient (Wildman–Crippen LogP) is 3.70. The number of methoxy groups -OCH3 is 1. The van der Waals surface area contributed by atoms with Crippen molar-refractivity contribution in [2.45, 2.75) is 32.2 Å². The minimum atomic E-state index is -0.338. The molecule has 1 unspecified atom stereocenters. The van der Waals surface area contributed by atoms with Gasteiger partial charge < -0.3 is 19.4 Å². The monoisotopic (exact) mass is 421 g/mol. The summed E-state index contributed by atoms with van der Waals surface area (Å²) in [6, 6.07) is 16.0. The molecule has 0 radical (unpaired) electrons. The summed E-state index contributed by atoms with van der Waals surface area (Å²) in [7, 11) is 3.41. The van der Waals surface area contributed by atoms with E-state index in [1.165, 1.54) is 24.9 Å². The van der Waals surface area contributed by atoms with Gasteiger partial charge in [-0.15, -0.1) is 0 Å². The van der Waals surface area contributed by atoms with E-state index in [0.717, 1.165) is 24.3 Å². The van der Waals surface area contributed by atoms with E-state index in [0.29, 0.717) is 18.8 Å². The van der Waals surface area contributed by atoms with E-state index >= 15 is 0 Å². The molecule has 6 nitrogen and oxygen atoms in total. The molecule has 4 rings (SSSR count). The number of piperidine rings is 1. The van der Waals surface area contributed by atoms with Crippen LogP contribution < -0.4 is 14.5 Å². The largest absolute Gasteiger partial charge is 0.495 e. The number of carbonyl (C=O) groups excluding carboxylic acids is 2. The first-order valence-corrected chi connectivity index (χ1v) is 11.1. The van der Waals surface area contributed by atoms with Gasteiger partial charge in [0, 0.05) is 45.3 Å². The van der Waals surface area contributed by atoms with Crippen LogP contribution in [-0.4, -0.2) is 50.5 Å². The summed E-state index contributed by atoms with van der Waals surface area (Å²) in [6.45, 7) is 3.17. The highest BCUT2D eigenvalue weighted by molar-refractivity contribution is 6.01. The smallest absolute Gasteiger partial charge is 0.228 e. The van der Waals surface area contributed by atoms with Crippen molar-refractivity contribution in [3.05, 3.63) is 54.1 Å². The van der Waals surface area contributed by atoms with E-state index in [1.54, 1.807) is 16.9 Å². The highest BCUT2D eigenvalue weighted by Crippen LogP contribution is 2.33. The summed E-state index contributed by atoms with van der Waals surface area (Å²) in [5.74, 6) is 0.272. The standard InChI is InChI=1S/C25H31N3O3/c1-26(17-19-10-12-21(13-11-19)27-14-6-3-7-15-27)25(30)20-16-24(29)28(18-20)22-8-4-5-9-23(22)31-2/h4-5,8-13,20H,3,6-7,14-18H2,1-2H3. The fourth-order valence-electron chi connectivity index (χ4n) is 4.59. The van der Waals surface area contributed by atoms with E-state index in [2.05, 4.69) is 29.2 Å². The molecule has 2 aromatic rings. The van der Waals surface area contributed by atoms with E-state index in [9.17, 15) is 9.59 Å². The van der Waals surface area contributed by atoms with Crippen molar-refractivity contribution in [1.29, 1.82) is 0 Å². The number of carbonyl (C=O) groups is 2. The number of benzene rings is 2. The number of rotatable bonds is 6. The molecular weight excluding hydrogens is 390 g/mol. The van der Waals surface area contributed by atoms with Crippen molar-refractivity contribution in [1.82, 2.24) is 4.90 Å². The van der Waals surface area contributed by atoms with Crippen molar-refractivity contribution < 1.29 is 14.3 Å². The normalized spacial score (nSPS) is 18.9. The summed E-state index contributed by atoms with van der Waals surface area (Å²) in [5, 5.41) is 0. The summed E-state index contributed by atoms with van der Waals surface area (Å²) >= 11 is 0. The highest BCUT2D eigenvalue weighted by Gasteiger charge is 2.37. The molecule has 0 aromatic heterocycles. The van der Waals surface area contributed by atoms with Gasteiger partial charge >= 0.3 is 0 Å². The van der Waals surface area contributed by atoms with E-state index in [1.807, 2.05) is 31.3 Å². The lowest BCUT2D eigenvalue weighted by Gasteiger charge is -2.29. The molecule has 0 aliphatic carbocycles. The van der Waals surface area contributed by atoms with Crippen LogP contribution in [-0.2, 0) is 16.1 Å². The van der Waals surface area contributed by atoms with Crippen molar-refractivity contribution in [3.8, 4) is 5.75 Å². The zero-order valence-corrected chi connectivity index (χ0v) is 18.4. The maximum absolute atomic E-state index is 13.0. The molecule has 0 bridgehead atoms. The van der Waals surface area contributed by atoms with Crippen LogP contribution in [0.4, 0.5) is 11.4 Å². The average Bonchev–Trinajstić information content (AvgIpc) is 3.20. The van der Waals surface area contributed by atoms with Crippen LogP contribution in [0.5, 0.6) is 5.75 Å². The van der Waals surface area contributed by atoms with Crippen molar-refractivity contribution >= 4 is 23.2 Å². The fourth-order valence-corrected chi connectivity index (χ4v) is 4.59. The third-order valence-corrected chi connectivity index (χ3v) is 6.30. The molecule has 0 N–H and O–H groups in total. The molecular formula is C25H31N3O3. The molecule has 164 valence electrons. The van der Waals surface area contributed by atoms with Gasteiger partial charge in [0.25, 0.3) is 0 Å². The SMILES string of the molecule is COc1ccccc1N1CC(C(=O)N(C)Cc2ccc(N3CCCCC3)cc2)CC1=O. The Kier molecular flexibility index (Phi) is 6.44. The van der Waals surface area contributed by atoms with Gasteiger partial charge in [-0.2, -0.15) is 0 Å². The first-order chi connectivity index (χ1) is 15.1. The molecule has 2 amide bonds. The van der Waals surface area contributed by atoms with Crippen LogP contribution in [0, 0.1) is 5.92 Å². The second kappa shape index (κ2) is 9.41. The number of hydrogen-bond acceptors (Lipinski definition) is 4. The van der Waals surface area contributed by atoms with Crippen molar-refractivity contribution in [2.24, 2.45) is 5.92 Å². The molecule has 2 saturated heterocycles. The fraction of sp³-hybridized carbons (Fsp3) is 0.440. The van der Waals surface area contributed by atoms with Crippen LogP contribution in [0.3, 0.4) is 0 Å². The van der Waals surface area contributed by atoms with Crippen LogP contribution in [0.25, 0.3) is 0 Å². The highest BCUT2D eigenvalue weighted by atomic mass is 16.5. The maximum atomic E-state index is 13.0. The molecule has 0 spiro atoms. The molecule has 6 heteroatoms. The number of ether oxygens (including phenoxy) is 1. The van der Waals surface area contributed by atoms with Crippen LogP contribution in [0.1, 0.15) is 31.2 Å². The summed E-state index contributed by atoms with van der Waals surface area (Å²) in [4.78, 5) is 31.5. The zero-order chi connectivity index (χ0) is 21.8. The molecule has 2 aromatic carbocycles. The molecule has 0 saturated carbocycles. The van der Waals surface area contributed by atoms with Gasteiger partial charge in [-0.3, -0.25) is 9.59 Å². The van der Waals surface area contributed by atoms with Crippen LogP contribution in [0.2, 0.25) is 0 Å². The predicted molar refractivity (Wildman–Crippen MR) is 122 cm³/mol. The number of amides is 2. The quantitative estimate of drug-likeness (QED) is 0.714. The third-order valence-electron chi connectivity index (χ3n) is 6.30. The Hall–Kier alpha value is -3.02. The zero-order valence-electron chi connectivity index (χ0n) is 18.4. The number of para-hydroxylation sites is 2. The lowest BCUT2D eigenvalue weighted by atomic mass is 10.1. The minimum absolute atomic E-state index is 0.00542. The molecule has 2 heterocycles. The summed E-state index contributed by atoms with van der Waals surface area (Å²) in [6.07, 6.45) is 4.06. The average molecular weight is 422 g/mol. The van der Waals surface area contributed by atoms with Gasteiger partial charge in [-0.25, -0.2) is 0 Å². The Bertz CT molecular complexity index is 922. The summed E-state index contributed by atoms with van der Waals surface area (Å²) in [5.41, 5.74) is 3.08. The Morgan fingerprint density at radius 3 is 2.48 bits per heavy atom. The third kappa shape index (κ3) is 4.68. The molecule has 31 heavy (non-hydrogen) atoms. The lowest BCUT2D eigenvalue weighted by Crippen LogP contribution is -2.34. The topological polar surface area (TPSA) is 53.1 Å². The first-order valence-electron chi connectivity index (χ1n) is 11.1. The first kappa shape index (κ1) is 21.2. The Labute approximate surface area is 184 Å². The molecule has 1 atom stereocenters. The van der Waals surface area contributed by atoms with Crippen LogP contribution in [0.15, 0.2) is 48.5 Å². The number of nitrogens with zero attached hydrogens (tertiary/aromatic N) is 3. The number of anilines is 2. The summed E-state index contributed by atoms with van der Waals surface area (Å²) < 4.78 is 5.39. The molecule has 2 aliphatic heterocycles. The van der Waals surface area contributed by atoms with Gasteiger partial charge in [-0.1, -0.05) is 24.3 Å². The lowest BCUT2D eigenvalue weighted by molar-refractivity contribution is -0.135. The van der Waals surface area contributed by atoms with Crippen molar-refractivity contribution in [2.75, 3.05) is 43.6 Å². The second-order valence-electron chi connectivity index (χ2n) is 8.49. The van der Waals surface area contributed by atoms with E-state index < -0.39 is 0 Å². The number of hydrogen-bond donors (Lipinski definition) is 0. The van der Waals surface area contributed by atoms with E-state index in [4.69, 9.17) is 4.74 Å².